The minimum atomic E-state index is -0.355. The molecule has 0 bridgehead atoms. The van der Waals surface area contributed by atoms with Crippen molar-refractivity contribution in [2.45, 2.75) is 13.5 Å². The molecule has 0 radical (unpaired) electrons. The van der Waals surface area contributed by atoms with E-state index < -0.39 is 0 Å². The number of benzene rings is 2. The number of hydrogen-bond donors (Lipinski definition) is 0. The van der Waals surface area contributed by atoms with Gasteiger partial charge in [-0.15, -0.1) is 0 Å². The molecule has 0 aliphatic carbocycles. The van der Waals surface area contributed by atoms with Crippen LogP contribution < -0.4 is 0 Å². The molecule has 19 heavy (non-hydrogen) atoms. The fourth-order valence-electron chi connectivity index (χ4n) is 2.54. The number of nitro groups is 1. The quantitative estimate of drug-likeness (QED) is 0.516. The van der Waals surface area contributed by atoms with E-state index in [0.29, 0.717) is 0 Å². The molecule has 0 saturated heterocycles. The molecule has 1 heterocycles. The number of halogens is 1. The molecular weight excluding hydrogens is 308 g/mol. The normalized spacial score (nSPS) is 11.3. The molecule has 5 heteroatoms. The van der Waals surface area contributed by atoms with Gasteiger partial charge in [0.25, 0.3) is 5.69 Å². The number of aromatic nitrogens is 1. The fraction of sp³-hybridized carbons (Fsp3) is 0.143. The molecule has 0 spiro atoms. The van der Waals surface area contributed by atoms with Gasteiger partial charge in [0.05, 0.1) is 10.4 Å². The molecule has 0 N–H and O–H groups in total. The van der Waals surface area contributed by atoms with E-state index in [0.717, 1.165) is 32.8 Å². The zero-order valence-corrected chi connectivity index (χ0v) is 11.8. The number of non-ortho nitro benzene ring substituents is 1. The highest BCUT2D eigenvalue weighted by molar-refractivity contribution is 9.10. The highest BCUT2D eigenvalue weighted by atomic mass is 79.9. The van der Waals surface area contributed by atoms with Crippen LogP contribution in [0.25, 0.3) is 21.8 Å². The lowest BCUT2D eigenvalue weighted by Crippen LogP contribution is -1.94. The van der Waals surface area contributed by atoms with Gasteiger partial charge in [0.2, 0.25) is 0 Å². The molecule has 0 saturated carbocycles. The molecule has 0 aliphatic rings. The molecule has 0 amide bonds. The number of fused-ring (bicyclic) bond motifs is 3. The summed E-state index contributed by atoms with van der Waals surface area (Å²) in [6.45, 7) is 2.89. The standard InChI is InChI=1S/C14H11BrN2O2/c1-2-16-13-7-6-9(17(18)19)8-11(13)10-4-3-5-12(15)14(10)16/h3-8H,2H2,1H3. The highest BCUT2D eigenvalue weighted by Crippen LogP contribution is 2.35. The number of para-hydroxylation sites is 1. The van der Waals surface area contributed by atoms with E-state index in [2.05, 4.69) is 27.4 Å². The van der Waals surface area contributed by atoms with Crippen LogP contribution >= 0.6 is 15.9 Å². The number of hydrogen-bond acceptors (Lipinski definition) is 2. The SMILES string of the molecule is CCn1c2ccc([N+](=O)[O-])cc2c2cccc(Br)c21. The first-order valence-corrected chi connectivity index (χ1v) is 6.77. The van der Waals surface area contributed by atoms with E-state index >= 15 is 0 Å². The van der Waals surface area contributed by atoms with Crippen molar-refractivity contribution >= 4 is 43.4 Å². The average molecular weight is 319 g/mol. The maximum absolute atomic E-state index is 10.9. The molecular formula is C14H11BrN2O2. The maximum atomic E-state index is 10.9. The smallest absolute Gasteiger partial charge is 0.270 e. The topological polar surface area (TPSA) is 48.1 Å². The Bertz CT molecular complexity index is 808. The van der Waals surface area contributed by atoms with Gasteiger partial charge < -0.3 is 4.57 Å². The summed E-state index contributed by atoms with van der Waals surface area (Å²) in [6, 6.07) is 11.0. The lowest BCUT2D eigenvalue weighted by atomic mass is 10.1. The summed E-state index contributed by atoms with van der Waals surface area (Å²) in [5.41, 5.74) is 2.23. The van der Waals surface area contributed by atoms with Gasteiger partial charge in [-0.3, -0.25) is 10.1 Å². The Morgan fingerprint density at radius 3 is 2.74 bits per heavy atom. The summed E-state index contributed by atoms with van der Waals surface area (Å²) in [6.07, 6.45) is 0. The minimum absolute atomic E-state index is 0.127. The molecule has 1 aromatic heterocycles. The Morgan fingerprint density at radius 2 is 2.05 bits per heavy atom. The van der Waals surface area contributed by atoms with E-state index in [1.54, 1.807) is 12.1 Å². The van der Waals surface area contributed by atoms with Gasteiger partial charge in [-0.25, -0.2) is 0 Å². The first kappa shape index (κ1) is 12.2. The summed E-state index contributed by atoms with van der Waals surface area (Å²) in [5, 5.41) is 12.9. The van der Waals surface area contributed by atoms with E-state index in [9.17, 15) is 10.1 Å². The third kappa shape index (κ3) is 1.73. The van der Waals surface area contributed by atoms with Gasteiger partial charge in [0.15, 0.2) is 0 Å². The predicted molar refractivity (Wildman–Crippen MR) is 79.5 cm³/mol. The van der Waals surface area contributed by atoms with Crippen molar-refractivity contribution in [1.29, 1.82) is 0 Å². The van der Waals surface area contributed by atoms with Crippen LogP contribution in [-0.4, -0.2) is 9.49 Å². The second-order valence-electron chi connectivity index (χ2n) is 4.34. The first-order chi connectivity index (χ1) is 9.13. The lowest BCUT2D eigenvalue weighted by Gasteiger charge is -2.04. The van der Waals surface area contributed by atoms with Crippen LogP contribution in [0, 0.1) is 10.1 Å². The second-order valence-corrected chi connectivity index (χ2v) is 5.19. The van der Waals surface area contributed by atoms with Crippen molar-refractivity contribution in [1.82, 2.24) is 4.57 Å². The molecule has 96 valence electrons. The van der Waals surface area contributed by atoms with Crippen molar-refractivity contribution < 1.29 is 4.92 Å². The van der Waals surface area contributed by atoms with Crippen LogP contribution in [0.15, 0.2) is 40.9 Å². The molecule has 0 aliphatic heterocycles. The number of rotatable bonds is 2. The van der Waals surface area contributed by atoms with Gasteiger partial charge in [-0.1, -0.05) is 12.1 Å². The van der Waals surface area contributed by atoms with E-state index in [1.807, 2.05) is 24.3 Å². The summed E-state index contributed by atoms with van der Waals surface area (Å²) < 4.78 is 3.17. The van der Waals surface area contributed by atoms with E-state index in [1.165, 1.54) is 0 Å². The largest absolute Gasteiger partial charge is 0.340 e. The van der Waals surface area contributed by atoms with Crippen molar-refractivity contribution in [3.8, 4) is 0 Å². The summed E-state index contributed by atoms with van der Waals surface area (Å²) in [4.78, 5) is 10.6. The second kappa shape index (κ2) is 4.35. The molecule has 0 fully saturated rings. The Balaban J connectivity index is 2.52. The van der Waals surface area contributed by atoms with Crippen molar-refractivity contribution in [2.75, 3.05) is 0 Å². The van der Waals surface area contributed by atoms with Crippen LogP contribution in [0.3, 0.4) is 0 Å². The number of aryl methyl sites for hydroxylation is 1. The Labute approximate surface area is 117 Å². The monoisotopic (exact) mass is 318 g/mol. The van der Waals surface area contributed by atoms with Gasteiger partial charge in [0.1, 0.15) is 0 Å². The summed E-state index contributed by atoms with van der Waals surface area (Å²) >= 11 is 3.56. The van der Waals surface area contributed by atoms with Crippen LogP contribution in [-0.2, 0) is 6.54 Å². The van der Waals surface area contributed by atoms with Crippen molar-refractivity contribution in [3.63, 3.8) is 0 Å². The summed E-state index contributed by atoms with van der Waals surface area (Å²) in [7, 11) is 0. The first-order valence-electron chi connectivity index (χ1n) is 5.98. The Hall–Kier alpha value is -1.88. The van der Waals surface area contributed by atoms with Crippen molar-refractivity contribution in [3.05, 3.63) is 51.0 Å². The third-order valence-electron chi connectivity index (χ3n) is 3.34. The van der Waals surface area contributed by atoms with Crippen molar-refractivity contribution in [2.24, 2.45) is 0 Å². The number of nitrogens with zero attached hydrogens (tertiary/aromatic N) is 2. The van der Waals surface area contributed by atoms with Gasteiger partial charge >= 0.3 is 0 Å². The van der Waals surface area contributed by atoms with Crippen LogP contribution in [0.4, 0.5) is 5.69 Å². The number of nitro benzene ring substituents is 1. The highest BCUT2D eigenvalue weighted by Gasteiger charge is 2.15. The van der Waals surface area contributed by atoms with Crippen LogP contribution in [0.5, 0.6) is 0 Å². The fourth-order valence-corrected chi connectivity index (χ4v) is 3.12. The average Bonchev–Trinajstić information content (AvgIpc) is 2.73. The molecule has 3 rings (SSSR count). The van der Waals surface area contributed by atoms with E-state index in [4.69, 9.17) is 0 Å². The Kier molecular flexibility index (Phi) is 2.78. The predicted octanol–water partition coefficient (Wildman–Crippen LogP) is 4.49. The van der Waals surface area contributed by atoms with Crippen LogP contribution in [0.2, 0.25) is 0 Å². The van der Waals surface area contributed by atoms with Gasteiger partial charge in [-0.05, 0) is 35.0 Å². The zero-order valence-electron chi connectivity index (χ0n) is 10.3. The molecule has 0 unspecified atom stereocenters. The lowest BCUT2D eigenvalue weighted by molar-refractivity contribution is -0.384. The maximum Gasteiger partial charge on any atom is 0.270 e. The van der Waals surface area contributed by atoms with E-state index in [-0.39, 0.29) is 10.6 Å². The molecule has 4 nitrogen and oxygen atoms in total. The molecule has 2 aromatic carbocycles. The van der Waals surface area contributed by atoms with Gasteiger partial charge in [-0.2, -0.15) is 0 Å². The molecule has 0 atom stereocenters. The zero-order chi connectivity index (χ0) is 13.6. The molecule has 3 aromatic rings. The third-order valence-corrected chi connectivity index (χ3v) is 3.98. The van der Waals surface area contributed by atoms with Crippen LogP contribution in [0.1, 0.15) is 6.92 Å². The minimum Gasteiger partial charge on any atom is -0.340 e. The van der Waals surface area contributed by atoms with Gasteiger partial charge in [0, 0.05) is 39.4 Å². The Morgan fingerprint density at radius 1 is 1.26 bits per heavy atom. The summed E-state index contributed by atoms with van der Waals surface area (Å²) in [5.74, 6) is 0.